The Balaban J connectivity index is 2.09. The van der Waals surface area contributed by atoms with Crippen LogP contribution in [-0.2, 0) is 25.7 Å². The summed E-state index contributed by atoms with van der Waals surface area (Å²) in [6.07, 6.45) is -0.242. The van der Waals surface area contributed by atoms with Crippen molar-refractivity contribution >= 4 is 11.6 Å². The summed E-state index contributed by atoms with van der Waals surface area (Å²) in [7, 11) is 0. The lowest BCUT2D eigenvalue weighted by Gasteiger charge is -2.48. The number of Topliss-reactive ketones (excluding diaryl/α,β-unsaturated/α-hetero) is 2. The van der Waals surface area contributed by atoms with Crippen molar-refractivity contribution in [3.8, 4) is 0 Å². The van der Waals surface area contributed by atoms with Crippen molar-refractivity contribution in [1.82, 2.24) is 0 Å². The van der Waals surface area contributed by atoms with Crippen molar-refractivity contribution in [2.24, 2.45) is 23.7 Å². The molecule has 1 aromatic rings. The maximum atomic E-state index is 12.8. The summed E-state index contributed by atoms with van der Waals surface area (Å²) in [6, 6.07) is 9.77. The number of carbonyl (C=O) groups is 2. The molecule has 27 heavy (non-hydrogen) atoms. The number of hydrogen-bond acceptors (Lipinski definition) is 5. The molecule has 5 nitrogen and oxygen atoms in total. The molecule has 2 rings (SSSR count). The van der Waals surface area contributed by atoms with E-state index in [1.165, 1.54) is 0 Å². The summed E-state index contributed by atoms with van der Waals surface area (Å²) in [5.74, 6) is -3.65. The van der Waals surface area contributed by atoms with Crippen LogP contribution < -0.4 is 0 Å². The molecule has 0 unspecified atom stereocenters. The summed E-state index contributed by atoms with van der Waals surface area (Å²) in [5.41, 5.74) is 1.04. The van der Waals surface area contributed by atoms with E-state index in [1.807, 2.05) is 37.3 Å². The van der Waals surface area contributed by atoms with E-state index in [9.17, 15) is 14.7 Å². The molecule has 1 heterocycles. The van der Waals surface area contributed by atoms with Crippen LogP contribution in [0.1, 0.15) is 46.6 Å². The highest BCUT2D eigenvalue weighted by molar-refractivity contribution is 5.87. The van der Waals surface area contributed by atoms with Crippen LogP contribution in [0, 0.1) is 23.7 Å². The van der Waals surface area contributed by atoms with Crippen LogP contribution in [0.3, 0.4) is 0 Å². The molecule has 1 aromatic carbocycles. The average molecular weight is 376 g/mol. The molecule has 1 N–H and O–H groups in total. The van der Waals surface area contributed by atoms with Crippen LogP contribution in [0.5, 0.6) is 0 Å². The van der Waals surface area contributed by atoms with E-state index in [0.29, 0.717) is 13.0 Å². The maximum Gasteiger partial charge on any atom is 0.180 e. The van der Waals surface area contributed by atoms with Crippen molar-refractivity contribution in [2.45, 2.75) is 59.5 Å². The predicted octanol–water partition coefficient (Wildman–Crippen LogP) is 3.38. The molecule has 5 heteroatoms. The van der Waals surface area contributed by atoms with Gasteiger partial charge in [0.15, 0.2) is 5.79 Å². The number of ether oxygens (including phenoxy) is 2. The second-order valence-electron chi connectivity index (χ2n) is 7.76. The summed E-state index contributed by atoms with van der Waals surface area (Å²) in [4.78, 5) is 24.9. The number of hydrogen-bond donors (Lipinski definition) is 1. The predicted molar refractivity (Wildman–Crippen MR) is 103 cm³/mol. The molecule has 0 amide bonds. The van der Waals surface area contributed by atoms with Gasteiger partial charge in [0.05, 0.1) is 25.2 Å². The van der Waals surface area contributed by atoms with Gasteiger partial charge in [-0.2, -0.15) is 0 Å². The van der Waals surface area contributed by atoms with E-state index in [2.05, 4.69) is 0 Å². The Morgan fingerprint density at radius 2 is 1.89 bits per heavy atom. The minimum atomic E-state index is -1.65. The van der Waals surface area contributed by atoms with Gasteiger partial charge >= 0.3 is 0 Å². The minimum absolute atomic E-state index is 0.0320. The fourth-order valence-electron chi connectivity index (χ4n) is 3.81. The third kappa shape index (κ3) is 4.65. The summed E-state index contributed by atoms with van der Waals surface area (Å²) in [6.45, 7) is 9.52. The van der Waals surface area contributed by atoms with Crippen LogP contribution in [0.4, 0.5) is 0 Å². The van der Waals surface area contributed by atoms with Gasteiger partial charge in [0, 0.05) is 24.2 Å². The zero-order valence-corrected chi connectivity index (χ0v) is 17.0. The third-order valence-corrected chi connectivity index (χ3v) is 5.85. The smallest absolute Gasteiger partial charge is 0.180 e. The normalized spacial score (nSPS) is 30.7. The van der Waals surface area contributed by atoms with Crippen LogP contribution in [-0.4, -0.2) is 35.2 Å². The molecule has 1 saturated heterocycles. The van der Waals surface area contributed by atoms with Crippen molar-refractivity contribution < 1.29 is 24.2 Å². The van der Waals surface area contributed by atoms with E-state index in [1.54, 1.807) is 27.7 Å². The molecule has 0 spiro atoms. The first-order valence-corrected chi connectivity index (χ1v) is 9.80. The highest BCUT2D eigenvalue weighted by Gasteiger charge is 2.54. The Hall–Kier alpha value is -1.56. The lowest BCUT2D eigenvalue weighted by molar-refractivity contribution is -0.310. The van der Waals surface area contributed by atoms with Gasteiger partial charge in [0.25, 0.3) is 0 Å². The molecule has 150 valence electrons. The number of ketones is 2. The zero-order valence-electron chi connectivity index (χ0n) is 17.0. The molecule has 0 bridgehead atoms. The molecule has 1 fully saturated rings. The maximum absolute atomic E-state index is 12.8. The van der Waals surface area contributed by atoms with Gasteiger partial charge in [-0.1, -0.05) is 65.0 Å². The van der Waals surface area contributed by atoms with E-state index >= 15 is 0 Å². The fraction of sp³-hybridized carbons (Fsp3) is 0.636. The lowest BCUT2D eigenvalue weighted by atomic mass is 9.74. The zero-order chi connectivity index (χ0) is 20.2. The van der Waals surface area contributed by atoms with Crippen molar-refractivity contribution in [1.29, 1.82) is 0 Å². The highest BCUT2D eigenvalue weighted by atomic mass is 16.6. The minimum Gasteiger partial charge on any atom is -0.376 e. The number of rotatable bonds is 8. The topological polar surface area (TPSA) is 72.8 Å². The van der Waals surface area contributed by atoms with Gasteiger partial charge in [-0.25, -0.2) is 0 Å². The largest absolute Gasteiger partial charge is 0.376 e. The molecular weight excluding hydrogens is 344 g/mol. The lowest BCUT2D eigenvalue weighted by Crippen LogP contribution is -2.60. The van der Waals surface area contributed by atoms with Crippen LogP contribution >= 0.6 is 0 Å². The van der Waals surface area contributed by atoms with Gasteiger partial charge in [-0.15, -0.1) is 0 Å². The molecule has 0 aliphatic carbocycles. The molecule has 6 atom stereocenters. The van der Waals surface area contributed by atoms with Crippen LogP contribution in [0.25, 0.3) is 0 Å². The standard InChI is InChI=1S/C22H32O5/c1-6-19(23)15(3)21-16(4)20(24)17(5)22(25,27-21)14(2)12-26-13-18-10-8-7-9-11-18/h7-11,14-17,21,25H,6,12-13H2,1-5H3/t14-,15+,16-,17-,21+,22-/m1/s1. The Bertz CT molecular complexity index is 639. The van der Waals surface area contributed by atoms with Crippen molar-refractivity contribution in [3.63, 3.8) is 0 Å². The number of aliphatic hydroxyl groups is 1. The first-order chi connectivity index (χ1) is 12.7. The Labute approximate surface area is 162 Å². The first-order valence-electron chi connectivity index (χ1n) is 9.80. The van der Waals surface area contributed by atoms with Crippen LogP contribution in [0.15, 0.2) is 30.3 Å². The second kappa shape index (κ2) is 9.09. The van der Waals surface area contributed by atoms with Gasteiger partial charge in [0.2, 0.25) is 0 Å². The van der Waals surface area contributed by atoms with E-state index in [-0.39, 0.29) is 18.2 Å². The van der Waals surface area contributed by atoms with Gasteiger partial charge < -0.3 is 14.6 Å². The van der Waals surface area contributed by atoms with Crippen molar-refractivity contribution in [2.75, 3.05) is 6.61 Å². The summed E-state index contributed by atoms with van der Waals surface area (Å²) in [5, 5.41) is 11.2. The SMILES string of the molecule is CCC(=O)[C@H](C)[C@@H]1O[C@](O)([C@H](C)COCc2ccccc2)[C@H](C)C(=O)[C@H]1C. The molecule has 1 aliphatic rings. The quantitative estimate of drug-likeness (QED) is 0.753. The summed E-state index contributed by atoms with van der Waals surface area (Å²) >= 11 is 0. The van der Waals surface area contributed by atoms with E-state index in [0.717, 1.165) is 5.56 Å². The average Bonchev–Trinajstić information content (AvgIpc) is 2.68. The Morgan fingerprint density at radius 1 is 1.26 bits per heavy atom. The van der Waals surface area contributed by atoms with Gasteiger partial charge in [-0.3, -0.25) is 9.59 Å². The second-order valence-corrected chi connectivity index (χ2v) is 7.76. The molecule has 0 aromatic heterocycles. The first kappa shape index (κ1) is 21.7. The summed E-state index contributed by atoms with van der Waals surface area (Å²) < 4.78 is 11.8. The molecule has 1 aliphatic heterocycles. The number of carbonyl (C=O) groups excluding carboxylic acids is 2. The molecule has 0 saturated carbocycles. The van der Waals surface area contributed by atoms with E-state index < -0.39 is 35.6 Å². The van der Waals surface area contributed by atoms with E-state index in [4.69, 9.17) is 9.47 Å². The van der Waals surface area contributed by atoms with Crippen molar-refractivity contribution in [3.05, 3.63) is 35.9 Å². The number of benzene rings is 1. The fourth-order valence-corrected chi connectivity index (χ4v) is 3.81. The monoisotopic (exact) mass is 376 g/mol. The Morgan fingerprint density at radius 3 is 2.48 bits per heavy atom. The highest BCUT2D eigenvalue weighted by Crippen LogP contribution is 2.40. The molecule has 0 radical (unpaired) electrons. The van der Waals surface area contributed by atoms with Gasteiger partial charge in [0.1, 0.15) is 11.6 Å². The van der Waals surface area contributed by atoms with Gasteiger partial charge in [-0.05, 0) is 5.56 Å². The third-order valence-electron chi connectivity index (χ3n) is 5.85. The molecular formula is C22H32O5. The van der Waals surface area contributed by atoms with Crippen LogP contribution in [0.2, 0.25) is 0 Å². The Kier molecular flexibility index (Phi) is 7.32.